The monoisotopic (exact) mass is 248 g/mol. The molecule has 2 N–H and O–H groups in total. The number of carbonyl (C=O) groups is 1. The van der Waals surface area contributed by atoms with Crippen molar-refractivity contribution in [2.45, 2.75) is 6.54 Å². The third-order valence-electron chi connectivity index (χ3n) is 2.29. The van der Waals surface area contributed by atoms with E-state index in [1.54, 1.807) is 25.4 Å². The second kappa shape index (κ2) is 5.22. The lowest BCUT2D eigenvalue weighted by molar-refractivity contribution is 0.0663. The van der Waals surface area contributed by atoms with E-state index < -0.39 is 5.97 Å². The first-order chi connectivity index (χ1) is 8.69. The minimum absolute atomic E-state index is 0.0923. The van der Waals surface area contributed by atoms with E-state index in [9.17, 15) is 4.79 Å². The topological polar surface area (TPSA) is 84.6 Å². The Bertz CT molecular complexity index is 533. The molecule has 2 rings (SSSR count). The number of nitrogens with zero attached hydrogens (tertiary/aromatic N) is 1. The maximum atomic E-state index is 10.6. The molecule has 18 heavy (non-hydrogen) atoms. The number of nitrogens with one attached hydrogen (secondary N) is 1. The summed E-state index contributed by atoms with van der Waals surface area (Å²) in [6, 6.07) is 6.58. The van der Waals surface area contributed by atoms with Gasteiger partial charge in [-0.25, -0.2) is 9.78 Å². The number of carboxylic acid groups (broad SMARTS) is 1. The first-order valence-electron chi connectivity index (χ1n) is 5.25. The fraction of sp³-hybridized carbons (Fsp3) is 0.167. The largest absolute Gasteiger partial charge is 0.481 e. The van der Waals surface area contributed by atoms with Gasteiger partial charge in [0.25, 0.3) is 0 Å². The molecule has 0 unspecified atom stereocenters. The average molecular weight is 248 g/mol. The Hall–Kier alpha value is -2.50. The fourth-order valence-electron chi connectivity index (χ4n) is 1.37. The molecule has 0 saturated carbocycles. The first-order valence-corrected chi connectivity index (χ1v) is 5.25. The number of aromatic carboxylic acids is 1. The molecule has 0 fully saturated rings. The normalized spacial score (nSPS) is 10.1. The van der Waals surface area contributed by atoms with Crippen molar-refractivity contribution in [1.82, 2.24) is 4.98 Å². The summed E-state index contributed by atoms with van der Waals surface area (Å²) in [6.45, 7) is 0.490. The molecule has 0 atom stereocenters. The Balaban J connectivity index is 1.95. The predicted octanol–water partition coefficient (Wildman–Crippen LogP) is 1.99. The Morgan fingerprint density at radius 2 is 2.28 bits per heavy atom. The van der Waals surface area contributed by atoms with Crippen LogP contribution in [0.15, 0.2) is 34.9 Å². The quantitative estimate of drug-likeness (QED) is 0.841. The number of ether oxygens (including phenoxy) is 1. The average Bonchev–Trinajstić information content (AvgIpc) is 2.86. The summed E-state index contributed by atoms with van der Waals surface area (Å²) in [6.07, 6.45) is 1.67. The lowest BCUT2D eigenvalue weighted by Crippen LogP contribution is -1.99. The Kier molecular flexibility index (Phi) is 3.47. The van der Waals surface area contributed by atoms with Gasteiger partial charge in [-0.3, -0.25) is 0 Å². The Morgan fingerprint density at radius 1 is 1.44 bits per heavy atom. The second-order valence-corrected chi connectivity index (χ2v) is 3.53. The van der Waals surface area contributed by atoms with Gasteiger partial charge in [-0.1, -0.05) is 6.07 Å². The molecule has 0 aliphatic rings. The maximum absolute atomic E-state index is 10.6. The molecule has 2 aromatic heterocycles. The predicted molar refractivity (Wildman–Crippen MR) is 63.8 cm³/mol. The molecule has 0 aromatic carbocycles. The number of pyridine rings is 1. The van der Waals surface area contributed by atoms with Crippen LogP contribution in [0.3, 0.4) is 0 Å². The van der Waals surface area contributed by atoms with E-state index in [-0.39, 0.29) is 5.76 Å². The van der Waals surface area contributed by atoms with Gasteiger partial charge in [-0.2, -0.15) is 0 Å². The van der Waals surface area contributed by atoms with Gasteiger partial charge in [0.1, 0.15) is 0 Å². The van der Waals surface area contributed by atoms with Crippen LogP contribution in [-0.4, -0.2) is 23.2 Å². The van der Waals surface area contributed by atoms with Crippen LogP contribution in [0.25, 0.3) is 0 Å². The van der Waals surface area contributed by atoms with E-state index in [4.69, 9.17) is 14.3 Å². The van der Waals surface area contributed by atoms with Gasteiger partial charge in [0.05, 0.1) is 7.11 Å². The third-order valence-corrected chi connectivity index (χ3v) is 2.29. The molecule has 2 heterocycles. The van der Waals surface area contributed by atoms with Gasteiger partial charge in [-0.15, -0.1) is 0 Å². The molecule has 0 aliphatic heterocycles. The van der Waals surface area contributed by atoms with E-state index in [0.717, 1.165) is 5.56 Å². The zero-order valence-corrected chi connectivity index (χ0v) is 9.71. The summed E-state index contributed by atoms with van der Waals surface area (Å²) in [7, 11) is 1.55. The number of aromatic nitrogens is 1. The summed E-state index contributed by atoms with van der Waals surface area (Å²) in [5, 5.41) is 11.7. The minimum Gasteiger partial charge on any atom is -0.481 e. The van der Waals surface area contributed by atoms with E-state index in [1.165, 1.54) is 6.07 Å². The molecule has 0 saturated heterocycles. The smallest absolute Gasteiger partial charge is 0.371 e. The fourth-order valence-corrected chi connectivity index (χ4v) is 1.37. The van der Waals surface area contributed by atoms with Crippen molar-refractivity contribution in [2.75, 3.05) is 12.4 Å². The van der Waals surface area contributed by atoms with Crippen LogP contribution >= 0.6 is 0 Å². The summed E-state index contributed by atoms with van der Waals surface area (Å²) in [5.41, 5.74) is 0.934. The van der Waals surface area contributed by atoms with Gasteiger partial charge in [0.15, 0.2) is 5.88 Å². The van der Waals surface area contributed by atoms with Crippen molar-refractivity contribution < 1.29 is 19.1 Å². The molecule has 94 valence electrons. The molecular weight excluding hydrogens is 236 g/mol. The highest BCUT2D eigenvalue weighted by Gasteiger charge is 2.08. The number of hydrogen-bond donors (Lipinski definition) is 2. The van der Waals surface area contributed by atoms with Gasteiger partial charge in [0.2, 0.25) is 11.6 Å². The highest BCUT2D eigenvalue weighted by atomic mass is 16.5. The molecule has 2 aromatic rings. The summed E-state index contributed by atoms with van der Waals surface area (Å²) >= 11 is 0. The van der Waals surface area contributed by atoms with Crippen LogP contribution in [0.1, 0.15) is 16.1 Å². The van der Waals surface area contributed by atoms with Gasteiger partial charge >= 0.3 is 5.97 Å². The van der Waals surface area contributed by atoms with Crippen LogP contribution < -0.4 is 10.1 Å². The molecule has 0 bridgehead atoms. The first kappa shape index (κ1) is 12.0. The molecular formula is C12H12N2O4. The van der Waals surface area contributed by atoms with Gasteiger partial charge in [-0.05, 0) is 11.6 Å². The van der Waals surface area contributed by atoms with Crippen LogP contribution in [0.2, 0.25) is 0 Å². The number of rotatable bonds is 5. The molecule has 0 radical (unpaired) electrons. The standard InChI is InChI=1S/C12H12N2O4/c1-17-10-4-2-8(6-13-10)7-14-11-5-3-9(18-11)12(15)16/h2-6,14H,7H2,1H3,(H,15,16). The minimum atomic E-state index is -1.09. The highest BCUT2D eigenvalue weighted by molar-refractivity contribution is 5.84. The maximum Gasteiger partial charge on any atom is 0.371 e. The SMILES string of the molecule is COc1ccc(CNc2ccc(C(=O)O)o2)cn1. The summed E-state index contributed by atoms with van der Waals surface area (Å²) in [4.78, 5) is 14.7. The van der Waals surface area contributed by atoms with Crippen LogP contribution in [-0.2, 0) is 6.54 Å². The van der Waals surface area contributed by atoms with Gasteiger partial charge < -0.3 is 19.6 Å². The van der Waals surface area contributed by atoms with Crippen LogP contribution in [0, 0.1) is 0 Å². The van der Waals surface area contributed by atoms with E-state index >= 15 is 0 Å². The van der Waals surface area contributed by atoms with E-state index in [2.05, 4.69) is 10.3 Å². The molecule has 0 spiro atoms. The van der Waals surface area contributed by atoms with Crippen LogP contribution in [0.4, 0.5) is 5.88 Å². The number of carboxylic acids is 1. The van der Waals surface area contributed by atoms with Gasteiger partial charge in [0, 0.05) is 24.9 Å². The van der Waals surface area contributed by atoms with Crippen LogP contribution in [0.5, 0.6) is 5.88 Å². The van der Waals surface area contributed by atoms with Crippen molar-refractivity contribution in [2.24, 2.45) is 0 Å². The van der Waals surface area contributed by atoms with E-state index in [1.807, 2.05) is 6.07 Å². The van der Waals surface area contributed by atoms with Crippen molar-refractivity contribution >= 4 is 11.9 Å². The summed E-state index contributed by atoms with van der Waals surface area (Å²) < 4.78 is 10.0. The summed E-state index contributed by atoms with van der Waals surface area (Å²) in [5.74, 6) is -0.229. The third kappa shape index (κ3) is 2.79. The number of furan rings is 1. The molecule has 6 heteroatoms. The zero-order chi connectivity index (χ0) is 13.0. The Morgan fingerprint density at radius 3 is 2.83 bits per heavy atom. The Labute approximate surface area is 103 Å². The number of methoxy groups -OCH3 is 1. The molecule has 0 amide bonds. The second-order valence-electron chi connectivity index (χ2n) is 3.53. The zero-order valence-electron chi connectivity index (χ0n) is 9.71. The van der Waals surface area contributed by atoms with E-state index in [0.29, 0.717) is 18.3 Å². The number of anilines is 1. The highest BCUT2D eigenvalue weighted by Crippen LogP contribution is 2.15. The van der Waals surface area contributed by atoms with Crippen molar-refractivity contribution in [3.63, 3.8) is 0 Å². The van der Waals surface area contributed by atoms with Crippen molar-refractivity contribution in [3.05, 3.63) is 41.8 Å². The van der Waals surface area contributed by atoms with Crippen molar-refractivity contribution in [3.8, 4) is 5.88 Å². The van der Waals surface area contributed by atoms with Crippen molar-refractivity contribution in [1.29, 1.82) is 0 Å². The lowest BCUT2D eigenvalue weighted by Gasteiger charge is -2.03. The number of hydrogen-bond acceptors (Lipinski definition) is 5. The molecule has 0 aliphatic carbocycles. The lowest BCUT2D eigenvalue weighted by atomic mass is 10.3. The molecule has 6 nitrogen and oxygen atoms in total.